The molecule has 0 aliphatic rings. The normalized spacial score (nSPS) is 13.4. The lowest BCUT2D eigenvalue weighted by molar-refractivity contribution is -0.119. The number of anilines is 1. The first-order chi connectivity index (χ1) is 8.92. The molecule has 5 heteroatoms. The van der Waals surface area contributed by atoms with Crippen molar-refractivity contribution in [3.8, 4) is 0 Å². The third-order valence-corrected chi connectivity index (χ3v) is 3.16. The zero-order valence-corrected chi connectivity index (χ0v) is 11.6. The molecule has 0 aliphatic carbocycles. The smallest absolute Gasteiger partial charge is 0.363 e. The molecule has 0 radical (unpaired) electrons. The summed E-state index contributed by atoms with van der Waals surface area (Å²) in [6.07, 6.45) is -3.36. The van der Waals surface area contributed by atoms with Crippen LogP contribution in [0.3, 0.4) is 0 Å². The Morgan fingerprint density at radius 1 is 1.21 bits per heavy atom. The molecule has 19 heavy (non-hydrogen) atoms. The number of hydrogen-bond donors (Lipinski definition) is 1. The van der Waals surface area contributed by atoms with Gasteiger partial charge in [-0.15, -0.1) is 0 Å². The van der Waals surface area contributed by atoms with E-state index in [0.29, 0.717) is 12.2 Å². The molecule has 1 atom stereocenters. The van der Waals surface area contributed by atoms with Crippen molar-refractivity contribution in [2.45, 2.75) is 32.5 Å². The van der Waals surface area contributed by atoms with Gasteiger partial charge in [-0.3, -0.25) is 0 Å². The zero-order chi connectivity index (χ0) is 14.5. The van der Waals surface area contributed by atoms with E-state index in [1.54, 1.807) is 19.1 Å². The SMILES string of the molecule is CCC(NC)c1ccccc1N(CC)CC(F)(F)F. The number of para-hydroxylation sites is 1. The van der Waals surface area contributed by atoms with Gasteiger partial charge in [0.25, 0.3) is 0 Å². The maximum Gasteiger partial charge on any atom is 0.405 e. The molecule has 0 aromatic heterocycles. The van der Waals surface area contributed by atoms with E-state index >= 15 is 0 Å². The van der Waals surface area contributed by atoms with Gasteiger partial charge >= 0.3 is 6.18 Å². The van der Waals surface area contributed by atoms with Crippen LogP contribution in [0, 0.1) is 0 Å². The van der Waals surface area contributed by atoms with Crippen molar-refractivity contribution in [1.29, 1.82) is 0 Å². The number of alkyl halides is 3. The number of benzene rings is 1. The topological polar surface area (TPSA) is 15.3 Å². The van der Waals surface area contributed by atoms with E-state index in [0.717, 1.165) is 12.0 Å². The lowest BCUT2D eigenvalue weighted by Crippen LogP contribution is -2.35. The van der Waals surface area contributed by atoms with Gasteiger partial charge in [-0.05, 0) is 32.0 Å². The van der Waals surface area contributed by atoms with E-state index in [-0.39, 0.29) is 6.04 Å². The molecule has 1 aromatic carbocycles. The van der Waals surface area contributed by atoms with Crippen molar-refractivity contribution in [1.82, 2.24) is 5.32 Å². The van der Waals surface area contributed by atoms with Crippen molar-refractivity contribution < 1.29 is 13.2 Å². The first-order valence-corrected chi connectivity index (χ1v) is 6.50. The lowest BCUT2D eigenvalue weighted by atomic mass is 10.0. The van der Waals surface area contributed by atoms with Gasteiger partial charge in [-0.2, -0.15) is 13.2 Å². The molecule has 0 amide bonds. The molecule has 1 aromatic rings. The van der Waals surface area contributed by atoms with Crippen LogP contribution in [-0.4, -0.2) is 26.3 Å². The fraction of sp³-hybridized carbons (Fsp3) is 0.571. The minimum Gasteiger partial charge on any atom is -0.363 e. The van der Waals surface area contributed by atoms with E-state index in [4.69, 9.17) is 0 Å². The molecule has 108 valence electrons. The van der Waals surface area contributed by atoms with E-state index in [1.807, 2.05) is 26.1 Å². The quantitative estimate of drug-likeness (QED) is 0.850. The highest BCUT2D eigenvalue weighted by Gasteiger charge is 2.31. The van der Waals surface area contributed by atoms with Crippen LogP contribution in [0.5, 0.6) is 0 Å². The number of nitrogens with one attached hydrogen (secondary N) is 1. The van der Waals surface area contributed by atoms with E-state index in [9.17, 15) is 13.2 Å². The van der Waals surface area contributed by atoms with Crippen molar-refractivity contribution >= 4 is 5.69 Å². The van der Waals surface area contributed by atoms with Gasteiger partial charge < -0.3 is 10.2 Å². The first-order valence-electron chi connectivity index (χ1n) is 6.50. The summed E-state index contributed by atoms with van der Waals surface area (Å²) in [5.74, 6) is 0. The average molecular weight is 274 g/mol. The van der Waals surface area contributed by atoms with Gasteiger partial charge in [0.15, 0.2) is 0 Å². The van der Waals surface area contributed by atoms with Crippen LogP contribution in [-0.2, 0) is 0 Å². The standard InChI is InChI=1S/C14H21F3N2/c1-4-12(18-3)11-8-6-7-9-13(11)19(5-2)10-14(15,16)17/h6-9,12,18H,4-5,10H2,1-3H3. The molecule has 2 nitrogen and oxygen atoms in total. The second-order valence-electron chi connectivity index (χ2n) is 4.44. The molecule has 0 saturated heterocycles. The maximum absolute atomic E-state index is 12.6. The molecule has 0 heterocycles. The Labute approximate surface area is 112 Å². The lowest BCUT2D eigenvalue weighted by Gasteiger charge is -2.29. The first kappa shape index (κ1) is 15.8. The fourth-order valence-corrected chi connectivity index (χ4v) is 2.23. The van der Waals surface area contributed by atoms with Crippen LogP contribution in [0.4, 0.5) is 18.9 Å². The van der Waals surface area contributed by atoms with E-state index in [1.165, 1.54) is 4.90 Å². The summed E-state index contributed by atoms with van der Waals surface area (Å²) in [7, 11) is 1.82. The van der Waals surface area contributed by atoms with Crippen LogP contribution in [0.2, 0.25) is 0 Å². The van der Waals surface area contributed by atoms with Crippen LogP contribution >= 0.6 is 0 Å². The Morgan fingerprint density at radius 3 is 2.32 bits per heavy atom. The van der Waals surface area contributed by atoms with Crippen molar-refractivity contribution in [3.63, 3.8) is 0 Å². The monoisotopic (exact) mass is 274 g/mol. The Bertz CT molecular complexity index is 387. The molecule has 0 fully saturated rings. The second kappa shape index (κ2) is 6.80. The third-order valence-electron chi connectivity index (χ3n) is 3.16. The minimum atomic E-state index is -4.19. The summed E-state index contributed by atoms with van der Waals surface area (Å²) in [5.41, 5.74) is 1.57. The summed E-state index contributed by atoms with van der Waals surface area (Å²) in [5, 5.41) is 3.14. The fourth-order valence-electron chi connectivity index (χ4n) is 2.23. The minimum absolute atomic E-state index is 0.0680. The third kappa shape index (κ3) is 4.42. The Hall–Kier alpha value is -1.23. The second-order valence-corrected chi connectivity index (χ2v) is 4.44. The van der Waals surface area contributed by atoms with Gasteiger partial charge in [0.1, 0.15) is 6.54 Å². The molecule has 0 aliphatic heterocycles. The highest BCUT2D eigenvalue weighted by molar-refractivity contribution is 5.55. The predicted molar refractivity (Wildman–Crippen MR) is 72.5 cm³/mol. The molecule has 1 unspecified atom stereocenters. The summed E-state index contributed by atoms with van der Waals surface area (Å²) < 4.78 is 37.9. The number of hydrogen-bond acceptors (Lipinski definition) is 2. The highest BCUT2D eigenvalue weighted by Crippen LogP contribution is 2.30. The number of rotatable bonds is 6. The zero-order valence-electron chi connectivity index (χ0n) is 11.6. The van der Waals surface area contributed by atoms with E-state index < -0.39 is 12.7 Å². The van der Waals surface area contributed by atoms with Gasteiger partial charge in [0.05, 0.1) is 0 Å². The van der Waals surface area contributed by atoms with Crippen molar-refractivity contribution in [2.24, 2.45) is 0 Å². The Balaban J connectivity index is 3.09. The largest absolute Gasteiger partial charge is 0.405 e. The highest BCUT2D eigenvalue weighted by atomic mass is 19.4. The molecule has 1 rings (SSSR count). The molecular weight excluding hydrogens is 253 g/mol. The molecule has 0 saturated carbocycles. The number of halogens is 3. The molecule has 0 bridgehead atoms. The van der Waals surface area contributed by atoms with Gasteiger partial charge in [0.2, 0.25) is 0 Å². The summed E-state index contributed by atoms with van der Waals surface area (Å²) >= 11 is 0. The molecular formula is C14H21F3N2. The van der Waals surface area contributed by atoms with Gasteiger partial charge in [-0.25, -0.2) is 0 Å². The summed E-state index contributed by atoms with van der Waals surface area (Å²) in [6, 6.07) is 7.35. The summed E-state index contributed by atoms with van der Waals surface area (Å²) in [4.78, 5) is 1.37. The Kier molecular flexibility index (Phi) is 5.66. The summed E-state index contributed by atoms with van der Waals surface area (Å²) in [6.45, 7) is 3.16. The predicted octanol–water partition coefficient (Wildman–Crippen LogP) is 3.75. The van der Waals surface area contributed by atoms with Gasteiger partial charge in [0, 0.05) is 18.3 Å². The van der Waals surface area contributed by atoms with Crippen molar-refractivity contribution in [3.05, 3.63) is 29.8 Å². The van der Waals surface area contributed by atoms with E-state index in [2.05, 4.69) is 5.32 Å². The molecule has 1 N–H and O–H groups in total. The van der Waals surface area contributed by atoms with Crippen LogP contribution in [0.1, 0.15) is 31.9 Å². The van der Waals surface area contributed by atoms with Crippen LogP contribution < -0.4 is 10.2 Å². The molecule has 0 spiro atoms. The van der Waals surface area contributed by atoms with Crippen LogP contribution in [0.15, 0.2) is 24.3 Å². The van der Waals surface area contributed by atoms with Gasteiger partial charge in [-0.1, -0.05) is 25.1 Å². The van der Waals surface area contributed by atoms with Crippen molar-refractivity contribution in [2.75, 3.05) is 25.0 Å². The maximum atomic E-state index is 12.6. The van der Waals surface area contributed by atoms with Crippen LogP contribution in [0.25, 0.3) is 0 Å². The number of nitrogens with zero attached hydrogens (tertiary/aromatic N) is 1. The average Bonchev–Trinajstić information content (AvgIpc) is 2.37. The Morgan fingerprint density at radius 2 is 1.84 bits per heavy atom.